The number of piperidine rings is 1. The van der Waals surface area contributed by atoms with Gasteiger partial charge in [-0.2, -0.15) is 0 Å². The van der Waals surface area contributed by atoms with E-state index in [1.165, 1.54) is 0 Å². The van der Waals surface area contributed by atoms with E-state index in [-0.39, 0.29) is 30.1 Å². The average Bonchev–Trinajstić information content (AvgIpc) is 3.00. The van der Waals surface area contributed by atoms with Gasteiger partial charge in [0.05, 0.1) is 22.7 Å². The quantitative estimate of drug-likeness (QED) is 0.220. The Morgan fingerprint density at radius 2 is 1.86 bits per heavy atom. The number of anilines is 2. The van der Waals surface area contributed by atoms with Crippen LogP contribution in [0.25, 0.3) is 22.0 Å². The van der Waals surface area contributed by atoms with Gasteiger partial charge in [0.2, 0.25) is 21.9 Å². The van der Waals surface area contributed by atoms with E-state index in [0.29, 0.717) is 42.2 Å². The molecule has 3 N–H and O–H groups in total. The Labute approximate surface area is 258 Å². The largest absolute Gasteiger partial charge is 0.437 e. The zero-order valence-electron chi connectivity index (χ0n) is 24.1. The van der Waals surface area contributed by atoms with Gasteiger partial charge in [0, 0.05) is 49.0 Å². The molecule has 2 aromatic heterocycles. The third-order valence-electron chi connectivity index (χ3n) is 7.80. The second-order valence-electron chi connectivity index (χ2n) is 11.0. The van der Waals surface area contributed by atoms with Gasteiger partial charge in [-0.05, 0) is 74.9 Å². The Hall–Kier alpha value is -3.51. The van der Waals surface area contributed by atoms with E-state index in [9.17, 15) is 8.42 Å². The zero-order chi connectivity index (χ0) is 28.9. The Balaban J connectivity index is 0.00000368. The minimum atomic E-state index is -3.55. The minimum absolute atomic E-state index is 0. The van der Waals surface area contributed by atoms with Crippen molar-refractivity contribution in [1.29, 1.82) is 0 Å². The molecule has 4 heterocycles. The van der Waals surface area contributed by atoms with Gasteiger partial charge in [-0.1, -0.05) is 24.3 Å². The molecule has 2 aliphatic rings. The molecule has 1 atom stereocenters. The van der Waals surface area contributed by atoms with Crippen molar-refractivity contribution < 1.29 is 17.9 Å². The Kier molecular flexibility index (Phi) is 9.97. The molecule has 2 saturated heterocycles. The smallest absolute Gasteiger partial charge is 0.233 e. The Bertz CT molecular complexity index is 1660. The number of aryl methyl sites for hydroxylation is 1. The highest BCUT2D eigenvalue weighted by Gasteiger charge is 2.23. The molecule has 10 nitrogen and oxygen atoms in total. The maximum atomic E-state index is 13.1. The van der Waals surface area contributed by atoms with Gasteiger partial charge in [-0.25, -0.2) is 23.4 Å². The number of pyridine rings is 1. The molecule has 0 unspecified atom stereocenters. The number of sulfonamides is 1. The van der Waals surface area contributed by atoms with Crippen LogP contribution in [0.1, 0.15) is 31.2 Å². The van der Waals surface area contributed by atoms with Crippen LogP contribution < -0.4 is 20.1 Å². The van der Waals surface area contributed by atoms with Crippen molar-refractivity contribution in [1.82, 2.24) is 20.3 Å². The molecular weight excluding hydrogens is 588 g/mol. The average molecular weight is 625 g/mol. The molecular formula is C31H37ClN6O4S. The van der Waals surface area contributed by atoms with Crippen molar-refractivity contribution in [3.05, 3.63) is 66.5 Å². The number of fused-ring (bicyclic) bond motifs is 1. The highest BCUT2D eigenvalue weighted by molar-refractivity contribution is 7.92. The van der Waals surface area contributed by atoms with E-state index in [2.05, 4.69) is 25.3 Å². The van der Waals surface area contributed by atoms with Gasteiger partial charge >= 0.3 is 0 Å². The molecule has 0 amide bonds. The summed E-state index contributed by atoms with van der Waals surface area (Å²) in [6.45, 7) is 5.09. The summed E-state index contributed by atoms with van der Waals surface area (Å²) in [5.74, 6) is 1.75. The molecule has 4 aromatic rings. The van der Waals surface area contributed by atoms with E-state index in [1.54, 1.807) is 18.5 Å². The van der Waals surface area contributed by atoms with Crippen LogP contribution in [-0.2, 0) is 14.8 Å². The molecule has 12 heteroatoms. The summed E-state index contributed by atoms with van der Waals surface area (Å²) in [4.78, 5) is 13.8. The SMILES string of the molecule is Cc1ccc2c(NS(=O)(=O)CC3CCOCC3)cccc2c1Oc1ncccc1-c1ccnc(N[C@H]2CCCNC2)n1.Cl. The van der Waals surface area contributed by atoms with E-state index >= 15 is 0 Å². The van der Waals surface area contributed by atoms with E-state index < -0.39 is 10.0 Å². The van der Waals surface area contributed by atoms with Gasteiger partial charge in [0.25, 0.3) is 0 Å². The lowest BCUT2D eigenvalue weighted by Gasteiger charge is -2.23. The molecule has 43 heavy (non-hydrogen) atoms. The Morgan fingerprint density at radius 3 is 2.67 bits per heavy atom. The molecule has 0 saturated carbocycles. The number of benzene rings is 2. The maximum absolute atomic E-state index is 13.1. The summed E-state index contributed by atoms with van der Waals surface area (Å²) < 4.78 is 40.9. The highest BCUT2D eigenvalue weighted by Crippen LogP contribution is 2.39. The number of nitrogens with one attached hydrogen (secondary N) is 3. The van der Waals surface area contributed by atoms with Gasteiger partial charge in [-0.3, -0.25) is 4.72 Å². The number of ether oxygens (including phenoxy) is 2. The number of aromatic nitrogens is 3. The predicted molar refractivity (Wildman–Crippen MR) is 172 cm³/mol. The first-order valence-electron chi connectivity index (χ1n) is 14.5. The van der Waals surface area contributed by atoms with Gasteiger partial charge < -0.3 is 20.1 Å². The predicted octanol–water partition coefficient (Wildman–Crippen LogP) is 5.55. The third kappa shape index (κ3) is 7.53. The number of hydrogen-bond donors (Lipinski definition) is 3. The van der Waals surface area contributed by atoms with Crippen molar-refractivity contribution in [2.45, 2.75) is 38.6 Å². The molecule has 2 aromatic carbocycles. The first-order chi connectivity index (χ1) is 20.4. The molecule has 0 aliphatic carbocycles. The minimum Gasteiger partial charge on any atom is -0.437 e. The first kappa shape index (κ1) is 30.9. The van der Waals surface area contributed by atoms with Crippen molar-refractivity contribution in [3.63, 3.8) is 0 Å². The Morgan fingerprint density at radius 1 is 1.00 bits per heavy atom. The van der Waals surface area contributed by atoms with Crippen LogP contribution in [0.5, 0.6) is 11.6 Å². The lowest BCUT2D eigenvalue weighted by molar-refractivity contribution is 0.0724. The number of rotatable bonds is 9. The van der Waals surface area contributed by atoms with Crippen LogP contribution in [0, 0.1) is 12.8 Å². The van der Waals surface area contributed by atoms with Crippen molar-refractivity contribution in [2.75, 3.05) is 42.1 Å². The zero-order valence-corrected chi connectivity index (χ0v) is 25.7. The van der Waals surface area contributed by atoms with Gasteiger partial charge in [-0.15, -0.1) is 12.4 Å². The van der Waals surface area contributed by atoms with E-state index in [1.807, 2.05) is 49.4 Å². The summed E-state index contributed by atoms with van der Waals surface area (Å²) in [7, 11) is -3.55. The van der Waals surface area contributed by atoms with Crippen molar-refractivity contribution >= 4 is 44.8 Å². The van der Waals surface area contributed by atoms with E-state index in [0.717, 1.165) is 60.7 Å². The second-order valence-corrected chi connectivity index (χ2v) is 12.7. The molecule has 2 fully saturated rings. The number of nitrogens with zero attached hydrogens (tertiary/aromatic N) is 3. The molecule has 0 radical (unpaired) electrons. The fourth-order valence-corrected chi connectivity index (χ4v) is 7.15. The van der Waals surface area contributed by atoms with Crippen LogP contribution in [0.4, 0.5) is 11.6 Å². The molecule has 0 spiro atoms. The van der Waals surface area contributed by atoms with E-state index in [4.69, 9.17) is 14.5 Å². The van der Waals surface area contributed by atoms with Crippen LogP contribution >= 0.6 is 12.4 Å². The van der Waals surface area contributed by atoms with Gasteiger partial charge in [0.15, 0.2) is 0 Å². The number of halogens is 1. The van der Waals surface area contributed by atoms with Crippen LogP contribution in [0.3, 0.4) is 0 Å². The van der Waals surface area contributed by atoms with Crippen LogP contribution in [-0.4, -0.2) is 61.5 Å². The first-order valence-corrected chi connectivity index (χ1v) is 16.1. The fourth-order valence-electron chi connectivity index (χ4n) is 5.60. The summed E-state index contributed by atoms with van der Waals surface area (Å²) in [6, 6.07) is 15.3. The topological polar surface area (TPSA) is 127 Å². The maximum Gasteiger partial charge on any atom is 0.233 e. The normalized spacial score (nSPS) is 17.7. The highest BCUT2D eigenvalue weighted by atomic mass is 35.5. The summed E-state index contributed by atoms with van der Waals surface area (Å²) in [5.41, 5.74) is 2.85. The molecule has 0 bridgehead atoms. The summed E-state index contributed by atoms with van der Waals surface area (Å²) >= 11 is 0. The fraction of sp³-hybridized carbons (Fsp3) is 0.387. The lowest BCUT2D eigenvalue weighted by Crippen LogP contribution is -2.38. The third-order valence-corrected chi connectivity index (χ3v) is 9.24. The molecule has 228 valence electrons. The van der Waals surface area contributed by atoms with Crippen LogP contribution in [0.15, 0.2) is 60.9 Å². The second kappa shape index (κ2) is 13.9. The summed E-state index contributed by atoms with van der Waals surface area (Å²) in [5, 5.41) is 8.37. The molecule has 6 rings (SSSR count). The summed E-state index contributed by atoms with van der Waals surface area (Å²) in [6.07, 6.45) is 7.10. The van der Waals surface area contributed by atoms with Gasteiger partial charge in [0.1, 0.15) is 5.75 Å². The standard InChI is InChI=1S/C31H36N6O4S.ClH/c1-21-9-10-24-25(6-2-8-28(24)37-42(38,39)20-22-12-17-40-18-13-22)29(21)41-30-26(7-4-15-33-30)27-11-16-34-31(36-27)35-23-5-3-14-32-19-23;/h2,4,6-11,15-16,22-23,32,37H,3,5,12-14,17-20H2,1H3,(H,34,35,36);1H/t23-;/m0./s1. The van der Waals surface area contributed by atoms with Crippen LogP contribution in [0.2, 0.25) is 0 Å². The number of hydrogen-bond acceptors (Lipinski definition) is 9. The van der Waals surface area contributed by atoms with Crippen molar-refractivity contribution in [2.24, 2.45) is 5.92 Å². The van der Waals surface area contributed by atoms with Crippen molar-refractivity contribution in [3.8, 4) is 22.9 Å². The lowest BCUT2D eigenvalue weighted by atomic mass is 10.0. The molecule has 2 aliphatic heterocycles. The monoisotopic (exact) mass is 624 g/mol.